The first-order valence-electron chi connectivity index (χ1n) is 7.86. The summed E-state index contributed by atoms with van der Waals surface area (Å²) in [6.45, 7) is 0. The monoisotopic (exact) mass is 336 g/mol. The van der Waals surface area contributed by atoms with E-state index in [1.54, 1.807) is 33.5 Å². The van der Waals surface area contributed by atoms with Gasteiger partial charge in [-0.15, -0.1) is 0 Å². The molecule has 0 bridgehead atoms. The van der Waals surface area contributed by atoms with Crippen molar-refractivity contribution in [2.75, 3.05) is 21.3 Å². The number of phenolic OH excluding ortho intramolecular Hbond substituents is 1. The summed E-state index contributed by atoms with van der Waals surface area (Å²) in [5.41, 5.74) is 3.54. The number of hydrogen-bond donors (Lipinski definition) is 1. The van der Waals surface area contributed by atoms with Gasteiger partial charge < -0.3 is 19.3 Å². The van der Waals surface area contributed by atoms with Crippen molar-refractivity contribution in [2.24, 2.45) is 0 Å². The minimum absolute atomic E-state index is 0.184. The second kappa shape index (κ2) is 7.18. The summed E-state index contributed by atoms with van der Waals surface area (Å²) in [5, 5.41) is 10.4. The summed E-state index contributed by atoms with van der Waals surface area (Å²) < 4.78 is 15.9. The number of hydrogen-bond acceptors (Lipinski definition) is 4. The van der Waals surface area contributed by atoms with Crippen molar-refractivity contribution in [3.8, 4) is 45.3 Å². The van der Waals surface area contributed by atoms with Crippen LogP contribution in [0.15, 0.2) is 60.7 Å². The maximum atomic E-state index is 10.4. The van der Waals surface area contributed by atoms with Crippen LogP contribution in [0.3, 0.4) is 0 Å². The molecule has 1 N–H and O–H groups in total. The van der Waals surface area contributed by atoms with Gasteiger partial charge in [0.2, 0.25) is 0 Å². The molecule has 128 valence electrons. The summed E-state index contributed by atoms with van der Waals surface area (Å²) in [4.78, 5) is 0. The topological polar surface area (TPSA) is 47.9 Å². The number of benzene rings is 3. The molecule has 25 heavy (non-hydrogen) atoms. The Morgan fingerprint density at radius 2 is 1.08 bits per heavy atom. The van der Waals surface area contributed by atoms with Gasteiger partial charge in [0.1, 0.15) is 23.0 Å². The zero-order chi connectivity index (χ0) is 17.8. The minimum Gasteiger partial charge on any atom is -0.507 e. The van der Waals surface area contributed by atoms with Crippen LogP contribution in [0.4, 0.5) is 0 Å². The lowest BCUT2D eigenvalue weighted by Crippen LogP contribution is -1.91. The third kappa shape index (κ3) is 3.38. The number of rotatable bonds is 5. The van der Waals surface area contributed by atoms with Crippen molar-refractivity contribution in [3.63, 3.8) is 0 Å². The average Bonchev–Trinajstić information content (AvgIpc) is 2.68. The Balaban J connectivity index is 2.20. The molecule has 0 heterocycles. The van der Waals surface area contributed by atoms with E-state index in [1.165, 1.54) is 0 Å². The van der Waals surface area contributed by atoms with Crippen LogP contribution in [0.2, 0.25) is 0 Å². The molecule has 0 saturated heterocycles. The second-order valence-corrected chi connectivity index (χ2v) is 5.52. The Labute approximate surface area is 147 Å². The zero-order valence-corrected chi connectivity index (χ0v) is 14.4. The third-order valence-electron chi connectivity index (χ3n) is 4.12. The predicted molar refractivity (Wildman–Crippen MR) is 98.6 cm³/mol. The molecule has 0 saturated carbocycles. The fourth-order valence-electron chi connectivity index (χ4n) is 2.75. The van der Waals surface area contributed by atoms with Crippen LogP contribution in [-0.4, -0.2) is 26.4 Å². The lowest BCUT2D eigenvalue weighted by molar-refractivity contribution is 0.412. The van der Waals surface area contributed by atoms with Gasteiger partial charge in [0, 0.05) is 5.56 Å². The molecule has 3 aromatic carbocycles. The molecular formula is C21H20O4. The lowest BCUT2D eigenvalue weighted by atomic mass is 9.93. The van der Waals surface area contributed by atoms with E-state index in [4.69, 9.17) is 14.2 Å². The molecule has 0 amide bonds. The number of ether oxygens (including phenoxy) is 3. The van der Waals surface area contributed by atoms with Crippen LogP contribution >= 0.6 is 0 Å². The second-order valence-electron chi connectivity index (χ2n) is 5.52. The van der Waals surface area contributed by atoms with E-state index in [-0.39, 0.29) is 5.75 Å². The molecule has 0 unspecified atom stereocenters. The largest absolute Gasteiger partial charge is 0.507 e. The van der Waals surface area contributed by atoms with Gasteiger partial charge in [-0.05, 0) is 59.2 Å². The molecule has 3 aromatic rings. The van der Waals surface area contributed by atoms with Crippen LogP contribution in [0, 0.1) is 0 Å². The van der Waals surface area contributed by atoms with Crippen LogP contribution in [0.5, 0.6) is 23.0 Å². The summed E-state index contributed by atoms with van der Waals surface area (Å²) in [7, 11) is 4.87. The Morgan fingerprint density at radius 1 is 0.560 bits per heavy atom. The molecule has 4 heteroatoms. The first-order chi connectivity index (χ1) is 12.2. The van der Waals surface area contributed by atoms with Crippen molar-refractivity contribution in [3.05, 3.63) is 60.7 Å². The van der Waals surface area contributed by atoms with Gasteiger partial charge in [-0.2, -0.15) is 0 Å². The molecule has 4 nitrogen and oxygen atoms in total. The van der Waals surface area contributed by atoms with E-state index >= 15 is 0 Å². The van der Waals surface area contributed by atoms with Crippen LogP contribution in [-0.2, 0) is 0 Å². The van der Waals surface area contributed by atoms with Gasteiger partial charge in [0.15, 0.2) is 0 Å². The van der Waals surface area contributed by atoms with Crippen molar-refractivity contribution in [2.45, 2.75) is 0 Å². The predicted octanol–water partition coefficient (Wildman–Crippen LogP) is 4.75. The van der Waals surface area contributed by atoms with Gasteiger partial charge in [0.05, 0.1) is 21.3 Å². The van der Waals surface area contributed by atoms with Gasteiger partial charge >= 0.3 is 0 Å². The van der Waals surface area contributed by atoms with Crippen molar-refractivity contribution in [1.82, 2.24) is 0 Å². The third-order valence-corrected chi connectivity index (χ3v) is 4.12. The molecule has 0 radical (unpaired) electrons. The van der Waals surface area contributed by atoms with E-state index in [9.17, 15) is 5.11 Å². The van der Waals surface area contributed by atoms with Crippen molar-refractivity contribution >= 4 is 0 Å². The Morgan fingerprint density at radius 3 is 1.68 bits per heavy atom. The van der Waals surface area contributed by atoms with Crippen molar-refractivity contribution in [1.29, 1.82) is 0 Å². The van der Waals surface area contributed by atoms with Crippen LogP contribution in [0.25, 0.3) is 22.3 Å². The maximum absolute atomic E-state index is 10.4. The van der Waals surface area contributed by atoms with E-state index in [0.29, 0.717) is 11.3 Å². The van der Waals surface area contributed by atoms with E-state index in [0.717, 1.165) is 28.2 Å². The highest BCUT2D eigenvalue weighted by molar-refractivity contribution is 5.87. The number of aromatic hydroxyl groups is 1. The summed E-state index contributed by atoms with van der Waals surface area (Å²) in [6, 6.07) is 18.8. The highest BCUT2D eigenvalue weighted by Gasteiger charge is 2.14. The summed E-state index contributed by atoms with van der Waals surface area (Å²) >= 11 is 0. The Kier molecular flexibility index (Phi) is 4.80. The average molecular weight is 336 g/mol. The van der Waals surface area contributed by atoms with E-state index in [2.05, 4.69) is 0 Å². The normalized spacial score (nSPS) is 10.4. The summed E-state index contributed by atoms with van der Waals surface area (Å²) in [5.74, 6) is 2.37. The molecule has 0 spiro atoms. The van der Waals surface area contributed by atoms with E-state index < -0.39 is 0 Å². The fourth-order valence-corrected chi connectivity index (χ4v) is 2.75. The van der Waals surface area contributed by atoms with Gasteiger partial charge in [0.25, 0.3) is 0 Å². The molecule has 0 fully saturated rings. The maximum Gasteiger partial charge on any atom is 0.123 e. The Bertz CT molecular complexity index is 870. The first-order valence-corrected chi connectivity index (χ1v) is 7.86. The highest BCUT2D eigenvalue weighted by Crippen LogP contribution is 2.40. The zero-order valence-electron chi connectivity index (χ0n) is 14.4. The van der Waals surface area contributed by atoms with Crippen LogP contribution in [0.1, 0.15) is 0 Å². The number of methoxy groups -OCH3 is 3. The highest BCUT2D eigenvalue weighted by atomic mass is 16.5. The van der Waals surface area contributed by atoms with Gasteiger partial charge in [-0.3, -0.25) is 0 Å². The minimum atomic E-state index is 0.184. The summed E-state index contributed by atoms with van der Waals surface area (Å²) in [6.07, 6.45) is 0. The quantitative estimate of drug-likeness (QED) is 0.730. The van der Waals surface area contributed by atoms with Crippen LogP contribution < -0.4 is 14.2 Å². The molecule has 0 atom stereocenters. The first kappa shape index (κ1) is 16.7. The molecule has 3 rings (SSSR count). The van der Waals surface area contributed by atoms with Crippen molar-refractivity contribution < 1.29 is 19.3 Å². The molecule has 0 aliphatic rings. The molecule has 0 aromatic heterocycles. The molecule has 0 aliphatic carbocycles. The SMILES string of the molecule is COc1ccc(-c2ccc(OC)cc2-c2cc(OC)ccc2O)cc1. The van der Waals surface area contributed by atoms with Gasteiger partial charge in [-0.25, -0.2) is 0 Å². The fraction of sp³-hybridized carbons (Fsp3) is 0.143. The standard InChI is InChI=1S/C21H20O4/c1-23-15-6-4-14(5-7-15)18-10-8-16(24-2)12-19(18)20-13-17(25-3)9-11-21(20)22/h4-13,22H,1-3H3. The molecule has 0 aliphatic heterocycles. The molecular weight excluding hydrogens is 316 g/mol. The smallest absolute Gasteiger partial charge is 0.123 e. The number of phenols is 1. The van der Waals surface area contributed by atoms with Gasteiger partial charge in [-0.1, -0.05) is 18.2 Å². The van der Waals surface area contributed by atoms with E-state index in [1.807, 2.05) is 48.5 Å². The Hall–Kier alpha value is -3.14. The lowest BCUT2D eigenvalue weighted by Gasteiger charge is -2.14.